The predicted octanol–water partition coefficient (Wildman–Crippen LogP) is 7.29. The number of ether oxygens (including phenoxy) is 1. The molecule has 1 N–H and O–H groups in total. The van der Waals surface area contributed by atoms with Gasteiger partial charge in [-0.25, -0.2) is 22.2 Å². The number of carbonyl (C=O) groups is 1. The van der Waals surface area contributed by atoms with Gasteiger partial charge in [0.05, 0.1) is 48.2 Å². The first-order valence-electron chi connectivity index (χ1n) is 15.2. The molecule has 6 aromatic rings. The summed E-state index contributed by atoms with van der Waals surface area (Å²) in [6.45, 7) is -0.109. The second-order valence-electron chi connectivity index (χ2n) is 11.9. The third kappa shape index (κ3) is 5.63. The minimum Gasteiger partial charge on any atom is -0.496 e. The van der Waals surface area contributed by atoms with Crippen LogP contribution in [0.25, 0.3) is 56.0 Å². The molecule has 49 heavy (non-hydrogen) atoms. The van der Waals surface area contributed by atoms with Gasteiger partial charge in [-0.3, -0.25) is 9.10 Å². The van der Waals surface area contributed by atoms with Crippen LogP contribution in [0.3, 0.4) is 0 Å². The Morgan fingerprint density at radius 2 is 1.76 bits per heavy atom. The Morgan fingerprint density at radius 3 is 2.39 bits per heavy atom. The van der Waals surface area contributed by atoms with Crippen molar-refractivity contribution in [2.75, 3.05) is 31.3 Å². The number of benzene rings is 4. The van der Waals surface area contributed by atoms with E-state index in [0.717, 1.165) is 6.26 Å². The van der Waals surface area contributed by atoms with Crippen LogP contribution in [-0.4, -0.2) is 46.3 Å². The Kier molecular flexibility index (Phi) is 7.63. The average molecular weight is 683 g/mol. The molecule has 0 radical (unpaired) electrons. The topological polar surface area (TPSA) is 139 Å². The number of nitriles is 1. The van der Waals surface area contributed by atoms with E-state index in [4.69, 9.17) is 13.6 Å². The van der Waals surface area contributed by atoms with Gasteiger partial charge in [-0.2, -0.15) is 5.26 Å². The summed E-state index contributed by atoms with van der Waals surface area (Å²) < 4.78 is 74.3. The van der Waals surface area contributed by atoms with Crippen molar-refractivity contribution in [1.82, 2.24) is 10.3 Å². The van der Waals surface area contributed by atoms with Gasteiger partial charge in [0.25, 0.3) is 5.91 Å². The highest BCUT2D eigenvalue weighted by atomic mass is 32.2. The number of amides is 1. The van der Waals surface area contributed by atoms with Gasteiger partial charge in [-0.05, 0) is 73.0 Å². The van der Waals surface area contributed by atoms with E-state index in [2.05, 4.69) is 16.4 Å². The summed E-state index contributed by atoms with van der Waals surface area (Å²) in [5, 5.41) is 12.9. The first-order chi connectivity index (χ1) is 23.4. The van der Waals surface area contributed by atoms with E-state index in [-0.39, 0.29) is 46.1 Å². The number of furan rings is 1. The van der Waals surface area contributed by atoms with Crippen LogP contribution in [0.4, 0.5) is 14.5 Å². The number of hydrogen-bond acceptors (Lipinski definition) is 8. The molecule has 4 aromatic carbocycles. The van der Waals surface area contributed by atoms with Crippen LogP contribution in [0.2, 0.25) is 0 Å². The fourth-order valence-corrected chi connectivity index (χ4v) is 6.90. The molecular weight excluding hydrogens is 654 g/mol. The minimum atomic E-state index is -3.98. The number of fused-ring (bicyclic) bond motifs is 2. The van der Waals surface area contributed by atoms with Gasteiger partial charge in [-0.15, -0.1) is 0 Å². The molecule has 0 bridgehead atoms. The normalized spacial score (nSPS) is 13.7. The van der Waals surface area contributed by atoms with Crippen LogP contribution in [-0.2, 0) is 10.0 Å². The molecule has 2 aromatic heterocycles. The predicted molar refractivity (Wildman–Crippen MR) is 179 cm³/mol. The van der Waals surface area contributed by atoms with Crippen LogP contribution in [0.1, 0.15) is 23.2 Å². The number of halogens is 2. The maximum absolute atomic E-state index is 14.6. The molecule has 2 heterocycles. The van der Waals surface area contributed by atoms with Gasteiger partial charge in [0.15, 0.2) is 11.4 Å². The first-order valence-corrected chi connectivity index (χ1v) is 17.0. The average Bonchev–Trinajstić information content (AvgIpc) is 3.57. The molecule has 1 aliphatic rings. The lowest BCUT2D eigenvalue weighted by atomic mass is 9.96. The van der Waals surface area contributed by atoms with Crippen LogP contribution in [0, 0.1) is 28.4 Å². The van der Waals surface area contributed by atoms with E-state index in [1.807, 2.05) is 0 Å². The zero-order valence-corrected chi connectivity index (χ0v) is 27.3. The molecule has 0 saturated heterocycles. The summed E-state index contributed by atoms with van der Waals surface area (Å²) in [4.78, 5) is 17.8. The molecule has 248 valence electrons. The smallest absolute Gasteiger partial charge is 0.255 e. The molecular formula is C36H28F2N4O6S. The Morgan fingerprint density at radius 1 is 1.02 bits per heavy atom. The van der Waals surface area contributed by atoms with Gasteiger partial charge in [0.2, 0.25) is 15.9 Å². The van der Waals surface area contributed by atoms with E-state index in [1.54, 1.807) is 30.3 Å². The van der Waals surface area contributed by atoms with Crippen LogP contribution in [0.5, 0.6) is 5.75 Å². The largest absolute Gasteiger partial charge is 0.496 e. The Labute approximate surface area is 279 Å². The molecule has 10 nitrogen and oxygen atoms in total. The third-order valence-corrected chi connectivity index (χ3v) is 9.81. The second kappa shape index (κ2) is 11.7. The molecule has 0 spiro atoms. The van der Waals surface area contributed by atoms with Crippen molar-refractivity contribution in [3.8, 4) is 45.7 Å². The van der Waals surface area contributed by atoms with Gasteiger partial charge >= 0.3 is 0 Å². The van der Waals surface area contributed by atoms with Crippen molar-refractivity contribution >= 4 is 43.7 Å². The zero-order valence-electron chi connectivity index (χ0n) is 26.5. The lowest BCUT2D eigenvalue weighted by Crippen LogP contribution is -2.35. The van der Waals surface area contributed by atoms with Crippen molar-refractivity contribution in [2.45, 2.75) is 12.8 Å². The fourth-order valence-electron chi connectivity index (χ4n) is 5.91. The van der Waals surface area contributed by atoms with E-state index in [1.165, 1.54) is 60.9 Å². The maximum atomic E-state index is 14.6. The van der Waals surface area contributed by atoms with E-state index < -0.39 is 33.0 Å². The quantitative estimate of drug-likeness (QED) is 0.168. The van der Waals surface area contributed by atoms with E-state index in [0.29, 0.717) is 46.2 Å². The Bertz CT molecular complexity index is 2440. The Hall–Kier alpha value is -5.74. The van der Waals surface area contributed by atoms with Crippen LogP contribution < -0.4 is 14.4 Å². The number of oxazole rings is 1. The highest BCUT2D eigenvalue weighted by Gasteiger charge is 2.46. The monoisotopic (exact) mass is 682 g/mol. The minimum absolute atomic E-state index is 0.0310. The molecule has 1 fully saturated rings. The third-order valence-electron chi connectivity index (χ3n) is 8.68. The summed E-state index contributed by atoms with van der Waals surface area (Å²) >= 11 is 0. The zero-order chi connectivity index (χ0) is 34.7. The van der Waals surface area contributed by atoms with Gasteiger partial charge in [-0.1, -0.05) is 12.1 Å². The SMILES string of the molecule is CNC(=O)c1c(-c2ccc(F)cc2)oc2cc(N(CC3(C#N)CC3)S(C)(=O)=O)c(-c3ccc(OC)c(-c4nc5c(F)cccc5o4)c3)cc12. The number of rotatable bonds is 9. The molecule has 7 rings (SSSR count). The number of methoxy groups -OCH3 is 1. The van der Waals surface area contributed by atoms with Gasteiger partial charge in [0.1, 0.15) is 28.4 Å². The molecule has 1 saturated carbocycles. The molecule has 0 unspecified atom stereocenters. The summed E-state index contributed by atoms with van der Waals surface area (Å²) in [7, 11) is -1.05. The van der Waals surface area contributed by atoms with Gasteiger partial charge < -0.3 is 18.9 Å². The van der Waals surface area contributed by atoms with Crippen LogP contribution in [0.15, 0.2) is 81.6 Å². The van der Waals surface area contributed by atoms with Crippen LogP contribution >= 0.6 is 0 Å². The van der Waals surface area contributed by atoms with Crippen molar-refractivity contribution in [3.05, 3.63) is 90.0 Å². The van der Waals surface area contributed by atoms with Crippen molar-refractivity contribution in [2.24, 2.45) is 5.41 Å². The second-order valence-corrected chi connectivity index (χ2v) is 13.8. The van der Waals surface area contributed by atoms with Crippen molar-refractivity contribution < 1.29 is 35.6 Å². The number of carbonyl (C=O) groups excluding carboxylic acids is 1. The van der Waals surface area contributed by atoms with E-state index in [9.17, 15) is 27.3 Å². The Balaban J connectivity index is 1.52. The lowest BCUT2D eigenvalue weighted by Gasteiger charge is -2.27. The molecule has 0 atom stereocenters. The number of nitrogens with zero attached hydrogens (tertiary/aromatic N) is 3. The molecule has 0 aliphatic heterocycles. The number of anilines is 1. The number of para-hydroxylation sites is 1. The first kappa shape index (κ1) is 31.8. The summed E-state index contributed by atoms with van der Waals surface area (Å²) in [5.41, 5.74) is 1.55. The fraction of sp³-hybridized carbons (Fsp3) is 0.194. The maximum Gasteiger partial charge on any atom is 0.255 e. The highest BCUT2D eigenvalue weighted by Crippen LogP contribution is 2.49. The highest BCUT2D eigenvalue weighted by molar-refractivity contribution is 7.92. The standard InChI is InChI=1S/C36H28F2N4O6S/c1-40-34(43)31-24-16-23(21-9-12-28(46-2)25(15-21)35-41-32-26(38)5-4-6-29(32)48-35)27(42(49(3,44)45)19-36(18-39)13-14-36)17-30(24)47-33(31)20-7-10-22(37)11-8-20/h4-12,15-17H,13-14,19H2,1-3H3,(H,40,43). The summed E-state index contributed by atoms with van der Waals surface area (Å²) in [6.07, 6.45) is 2.12. The molecule has 1 amide bonds. The summed E-state index contributed by atoms with van der Waals surface area (Å²) in [5.74, 6) is -0.948. The molecule has 13 heteroatoms. The number of hydrogen-bond donors (Lipinski definition) is 1. The van der Waals surface area contributed by atoms with Crippen molar-refractivity contribution in [1.29, 1.82) is 5.26 Å². The van der Waals surface area contributed by atoms with E-state index >= 15 is 0 Å². The van der Waals surface area contributed by atoms with Gasteiger partial charge in [0, 0.05) is 29.6 Å². The number of nitrogens with one attached hydrogen (secondary N) is 1. The number of sulfonamides is 1. The molecule has 1 aliphatic carbocycles. The lowest BCUT2D eigenvalue weighted by molar-refractivity contribution is 0.0964. The summed E-state index contributed by atoms with van der Waals surface area (Å²) in [6, 6.07) is 20.3. The van der Waals surface area contributed by atoms with Crippen molar-refractivity contribution in [3.63, 3.8) is 0 Å². The number of aromatic nitrogens is 1.